The largest absolute Gasteiger partial charge is 0.366 e. The van der Waals surface area contributed by atoms with E-state index < -0.39 is 12.1 Å². The highest BCUT2D eigenvalue weighted by atomic mass is 16.8. The van der Waals surface area contributed by atoms with E-state index in [0.29, 0.717) is 0 Å². The second-order valence-electron chi connectivity index (χ2n) is 4.04. The summed E-state index contributed by atoms with van der Waals surface area (Å²) in [4.78, 5) is 0. The smallest absolute Gasteiger partial charge is 0.184 e. The van der Waals surface area contributed by atoms with E-state index in [0.717, 1.165) is 6.42 Å². The van der Waals surface area contributed by atoms with Crippen molar-refractivity contribution in [2.24, 2.45) is 0 Å². The molecule has 2 aliphatic rings. The van der Waals surface area contributed by atoms with Gasteiger partial charge in [-0.25, -0.2) is 0 Å². The Kier molecular flexibility index (Phi) is 2.11. The number of rotatable bonds is 1. The molecule has 0 radical (unpaired) electrons. The average molecular weight is 188 g/mol. The maximum Gasteiger partial charge on any atom is 0.184 e. The molecule has 0 spiro atoms. The lowest BCUT2D eigenvalue weighted by molar-refractivity contribution is -0.220. The van der Waals surface area contributed by atoms with E-state index in [1.807, 2.05) is 20.8 Å². The Balaban J connectivity index is 2.12. The van der Waals surface area contributed by atoms with Crippen molar-refractivity contribution >= 4 is 0 Å². The SMILES string of the molecule is CC[C@H]1OC(O)[C@H]2OC(C)(C)O[C@H]21. The summed E-state index contributed by atoms with van der Waals surface area (Å²) in [6.07, 6.45) is -0.481. The molecule has 0 aromatic heterocycles. The molecule has 4 heteroatoms. The minimum Gasteiger partial charge on any atom is -0.366 e. The van der Waals surface area contributed by atoms with Gasteiger partial charge in [0, 0.05) is 0 Å². The van der Waals surface area contributed by atoms with E-state index in [4.69, 9.17) is 14.2 Å². The maximum atomic E-state index is 9.51. The number of hydrogen-bond acceptors (Lipinski definition) is 4. The molecule has 1 unspecified atom stereocenters. The molecule has 4 nitrogen and oxygen atoms in total. The van der Waals surface area contributed by atoms with E-state index in [1.165, 1.54) is 0 Å². The zero-order valence-electron chi connectivity index (χ0n) is 8.19. The van der Waals surface area contributed by atoms with Crippen LogP contribution >= 0.6 is 0 Å². The van der Waals surface area contributed by atoms with Crippen LogP contribution in [0.3, 0.4) is 0 Å². The molecule has 0 aromatic rings. The van der Waals surface area contributed by atoms with Gasteiger partial charge in [0.15, 0.2) is 12.1 Å². The molecule has 2 aliphatic heterocycles. The molecule has 2 rings (SSSR count). The highest BCUT2D eigenvalue weighted by Crippen LogP contribution is 2.38. The monoisotopic (exact) mass is 188 g/mol. The van der Waals surface area contributed by atoms with Crippen molar-refractivity contribution in [1.29, 1.82) is 0 Å². The van der Waals surface area contributed by atoms with E-state index in [9.17, 15) is 5.11 Å². The lowest BCUT2D eigenvalue weighted by Gasteiger charge is -2.21. The molecule has 1 N–H and O–H groups in total. The predicted octanol–water partition coefficient (Wildman–Crippen LogP) is 0.634. The molecule has 4 atom stereocenters. The minimum atomic E-state index is -0.836. The number of fused-ring (bicyclic) bond motifs is 1. The Morgan fingerprint density at radius 3 is 2.46 bits per heavy atom. The Morgan fingerprint density at radius 1 is 1.23 bits per heavy atom. The molecular weight excluding hydrogens is 172 g/mol. The van der Waals surface area contributed by atoms with Gasteiger partial charge in [-0.2, -0.15) is 0 Å². The lowest BCUT2D eigenvalue weighted by Crippen LogP contribution is -2.29. The predicted molar refractivity (Wildman–Crippen MR) is 45.0 cm³/mol. The van der Waals surface area contributed by atoms with Crippen LogP contribution in [0, 0.1) is 0 Å². The fourth-order valence-electron chi connectivity index (χ4n) is 1.99. The molecule has 0 aliphatic carbocycles. The Labute approximate surface area is 77.8 Å². The van der Waals surface area contributed by atoms with Crippen molar-refractivity contribution in [2.45, 2.75) is 57.6 Å². The van der Waals surface area contributed by atoms with Gasteiger partial charge in [-0.3, -0.25) is 0 Å². The molecule has 0 amide bonds. The third kappa shape index (κ3) is 1.48. The van der Waals surface area contributed by atoms with Crippen LogP contribution in [0.25, 0.3) is 0 Å². The van der Waals surface area contributed by atoms with Crippen molar-refractivity contribution in [3.63, 3.8) is 0 Å². The van der Waals surface area contributed by atoms with Crippen LogP contribution in [-0.4, -0.2) is 35.5 Å². The molecule has 2 heterocycles. The van der Waals surface area contributed by atoms with Crippen molar-refractivity contribution in [3.8, 4) is 0 Å². The number of ether oxygens (including phenoxy) is 3. The summed E-state index contributed by atoms with van der Waals surface area (Å²) in [6, 6.07) is 0. The van der Waals surface area contributed by atoms with Crippen molar-refractivity contribution < 1.29 is 19.3 Å². The summed E-state index contributed by atoms with van der Waals surface area (Å²) >= 11 is 0. The molecule has 2 fully saturated rings. The highest BCUT2D eigenvalue weighted by molar-refractivity contribution is 4.93. The topological polar surface area (TPSA) is 47.9 Å². The van der Waals surface area contributed by atoms with Gasteiger partial charge in [0.25, 0.3) is 0 Å². The molecule has 13 heavy (non-hydrogen) atoms. The van der Waals surface area contributed by atoms with Gasteiger partial charge in [0.1, 0.15) is 12.2 Å². The van der Waals surface area contributed by atoms with E-state index >= 15 is 0 Å². The van der Waals surface area contributed by atoms with Gasteiger partial charge in [-0.05, 0) is 20.3 Å². The van der Waals surface area contributed by atoms with Gasteiger partial charge in [-0.15, -0.1) is 0 Å². The van der Waals surface area contributed by atoms with Crippen LogP contribution in [0.1, 0.15) is 27.2 Å². The third-order valence-electron chi connectivity index (χ3n) is 2.53. The zero-order chi connectivity index (χ0) is 9.64. The molecule has 2 saturated heterocycles. The fourth-order valence-corrected chi connectivity index (χ4v) is 1.99. The first kappa shape index (κ1) is 9.40. The summed E-state index contributed by atoms with van der Waals surface area (Å²) in [5.74, 6) is -0.590. The van der Waals surface area contributed by atoms with Gasteiger partial charge < -0.3 is 19.3 Å². The van der Waals surface area contributed by atoms with Gasteiger partial charge in [0.05, 0.1) is 6.10 Å². The maximum absolute atomic E-state index is 9.51. The van der Waals surface area contributed by atoms with Crippen molar-refractivity contribution in [2.75, 3.05) is 0 Å². The van der Waals surface area contributed by atoms with Crippen molar-refractivity contribution in [1.82, 2.24) is 0 Å². The van der Waals surface area contributed by atoms with Crippen LogP contribution in [0.5, 0.6) is 0 Å². The van der Waals surface area contributed by atoms with Crippen LogP contribution in [0.15, 0.2) is 0 Å². The zero-order valence-corrected chi connectivity index (χ0v) is 8.19. The molecular formula is C9H16O4. The number of aliphatic hydroxyl groups excluding tert-OH is 1. The van der Waals surface area contributed by atoms with E-state index in [-0.39, 0.29) is 18.3 Å². The summed E-state index contributed by atoms with van der Waals surface area (Å²) in [5, 5.41) is 9.51. The minimum absolute atomic E-state index is 0.0400. The van der Waals surface area contributed by atoms with Gasteiger partial charge >= 0.3 is 0 Å². The van der Waals surface area contributed by atoms with Gasteiger partial charge in [-0.1, -0.05) is 6.92 Å². The molecule has 76 valence electrons. The Hall–Kier alpha value is -0.160. The second-order valence-corrected chi connectivity index (χ2v) is 4.04. The first-order valence-electron chi connectivity index (χ1n) is 4.72. The first-order chi connectivity index (χ1) is 6.03. The van der Waals surface area contributed by atoms with E-state index in [1.54, 1.807) is 0 Å². The number of hydrogen-bond donors (Lipinski definition) is 1. The average Bonchev–Trinajstić information content (AvgIpc) is 2.47. The fraction of sp³-hybridized carbons (Fsp3) is 1.00. The van der Waals surface area contributed by atoms with Crippen LogP contribution in [-0.2, 0) is 14.2 Å². The Bertz CT molecular complexity index is 204. The standard InChI is InChI=1S/C9H16O4/c1-4-5-6-7(8(10)11-5)13-9(2,3)12-6/h5-8,10H,4H2,1-3H3/t5-,6+,7+,8?/m1/s1. The van der Waals surface area contributed by atoms with Crippen LogP contribution in [0.2, 0.25) is 0 Å². The summed E-state index contributed by atoms with van der Waals surface area (Å²) < 4.78 is 16.4. The lowest BCUT2D eigenvalue weighted by atomic mass is 10.1. The summed E-state index contributed by atoms with van der Waals surface area (Å²) in [7, 11) is 0. The van der Waals surface area contributed by atoms with Gasteiger partial charge in [0.2, 0.25) is 0 Å². The first-order valence-corrected chi connectivity index (χ1v) is 4.72. The highest BCUT2D eigenvalue weighted by Gasteiger charge is 2.54. The quantitative estimate of drug-likeness (QED) is 0.655. The summed E-state index contributed by atoms with van der Waals surface area (Å²) in [6.45, 7) is 5.71. The molecule has 0 aromatic carbocycles. The van der Waals surface area contributed by atoms with Crippen LogP contribution in [0.4, 0.5) is 0 Å². The molecule has 0 bridgehead atoms. The van der Waals surface area contributed by atoms with E-state index in [2.05, 4.69) is 0 Å². The normalized spacial score (nSPS) is 48.0. The number of aliphatic hydroxyl groups is 1. The van der Waals surface area contributed by atoms with Crippen LogP contribution < -0.4 is 0 Å². The third-order valence-corrected chi connectivity index (χ3v) is 2.53. The molecule has 0 saturated carbocycles. The second kappa shape index (κ2) is 2.92. The Morgan fingerprint density at radius 2 is 1.85 bits per heavy atom. The summed E-state index contributed by atoms with van der Waals surface area (Å²) in [5.41, 5.74) is 0. The van der Waals surface area contributed by atoms with Crippen molar-refractivity contribution in [3.05, 3.63) is 0 Å².